The second kappa shape index (κ2) is 10.9. The molecular weight excluding hydrogens is 483 g/mol. The second-order valence-corrected chi connectivity index (χ2v) is 9.92. The number of hydrogen-bond acceptors (Lipinski definition) is 4. The monoisotopic (exact) mass is 506 g/mol. The van der Waals surface area contributed by atoms with Crippen molar-refractivity contribution in [3.05, 3.63) is 88.4 Å². The third-order valence-electron chi connectivity index (χ3n) is 4.87. The van der Waals surface area contributed by atoms with Crippen LogP contribution in [-0.4, -0.2) is 27.5 Å². The van der Waals surface area contributed by atoms with E-state index >= 15 is 0 Å². The maximum Gasteiger partial charge on any atom is 0.264 e. The molecule has 0 fully saturated rings. The van der Waals surface area contributed by atoms with Gasteiger partial charge in [0.25, 0.3) is 10.0 Å². The van der Waals surface area contributed by atoms with Crippen molar-refractivity contribution >= 4 is 44.8 Å². The quantitative estimate of drug-likeness (QED) is 0.417. The van der Waals surface area contributed by atoms with Crippen LogP contribution >= 0.6 is 23.2 Å². The van der Waals surface area contributed by atoms with Crippen LogP contribution in [0.5, 0.6) is 5.75 Å². The lowest BCUT2D eigenvalue weighted by Crippen LogP contribution is -2.41. The number of carbonyl (C=O) groups excluding carboxylic acids is 1. The van der Waals surface area contributed by atoms with Crippen molar-refractivity contribution < 1.29 is 17.9 Å². The molecule has 1 N–H and O–H groups in total. The summed E-state index contributed by atoms with van der Waals surface area (Å²) in [6.45, 7) is 3.82. The molecular formula is C24H24Cl2N2O4S. The van der Waals surface area contributed by atoms with E-state index in [1.54, 1.807) is 18.2 Å². The lowest BCUT2D eigenvalue weighted by atomic mass is 10.1. The number of rotatable bonds is 9. The number of anilines is 1. The van der Waals surface area contributed by atoms with Crippen molar-refractivity contribution in [2.45, 2.75) is 24.8 Å². The lowest BCUT2D eigenvalue weighted by Gasteiger charge is -2.26. The van der Waals surface area contributed by atoms with Crippen LogP contribution in [0.4, 0.5) is 5.69 Å². The fraction of sp³-hybridized carbons (Fsp3) is 0.208. The summed E-state index contributed by atoms with van der Waals surface area (Å²) in [6, 6.07) is 19.3. The summed E-state index contributed by atoms with van der Waals surface area (Å²) < 4.78 is 33.2. The standard InChI is InChI=1S/C24H24Cl2N2O4S/c1-3-32-20-12-9-18(10-13-20)17(2)27-24(29)16-28(23-14-11-19(25)15-22(23)26)33(30,31)21-7-5-4-6-8-21/h4-15,17H,3,16H2,1-2H3,(H,27,29)/t17-/m0/s1. The minimum Gasteiger partial charge on any atom is -0.494 e. The van der Waals surface area contributed by atoms with E-state index in [0.29, 0.717) is 11.6 Å². The molecule has 1 amide bonds. The Bertz CT molecular complexity index is 1200. The van der Waals surface area contributed by atoms with Gasteiger partial charge in [-0.15, -0.1) is 0 Å². The molecule has 3 aromatic carbocycles. The minimum absolute atomic E-state index is 0.0448. The van der Waals surface area contributed by atoms with E-state index in [1.807, 2.05) is 38.1 Å². The number of sulfonamides is 1. The van der Waals surface area contributed by atoms with Gasteiger partial charge in [-0.2, -0.15) is 0 Å². The first kappa shape index (κ1) is 24.9. The first-order chi connectivity index (χ1) is 15.7. The highest BCUT2D eigenvalue weighted by Gasteiger charge is 2.29. The van der Waals surface area contributed by atoms with Gasteiger partial charge in [0.15, 0.2) is 0 Å². The Labute approximate surface area is 204 Å². The van der Waals surface area contributed by atoms with E-state index in [2.05, 4.69) is 5.32 Å². The molecule has 0 radical (unpaired) electrons. The normalized spacial score (nSPS) is 12.1. The highest BCUT2D eigenvalue weighted by atomic mass is 35.5. The predicted octanol–water partition coefficient (Wildman–Crippen LogP) is 5.46. The maximum absolute atomic E-state index is 13.4. The molecule has 9 heteroatoms. The summed E-state index contributed by atoms with van der Waals surface area (Å²) >= 11 is 12.3. The van der Waals surface area contributed by atoms with Gasteiger partial charge >= 0.3 is 0 Å². The molecule has 0 heterocycles. The van der Waals surface area contributed by atoms with Crippen LogP contribution in [0.2, 0.25) is 10.0 Å². The summed E-state index contributed by atoms with van der Waals surface area (Å²) in [6.07, 6.45) is 0. The number of halogens is 2. The Hall–Kier alpha value is -2.74. The van der Waals surface area contributed by atoms with Gasteiger partial charge in [-0.1, -0.05) is 53.5 Å². The number of hydrogen-bond donors (Lipinski definition) is 1. The number of ether oxygens (including phenoxy) is 1. The van der Waals surface area contributed by atoms with E-state index in [4.69, 9.17) is 27.9 Å². The van der Waals surface area contributed by atoms with Crippen LogP contribution in [0, 0.1) is 0 Å². The van der Waals surface area contributed by atoms with Gasteiger partial charge in [0, 0.05) is 5.02 Å². The van der Waals surface area contributed by atoms with Crippen molar-refractivity contribution in [3.8, 4) is 5.75 Å². The molecule has 3 aromatic rings. The third-order valence-corrected chi connectivity index (χ3v) is 7.18. The molecule has 0 aliphatic rings. The molecule has 0 aliphatic heterocycles. The molecule has 0 aromatic heterocycles. The van der Waals surface area contributed by atoms with E-state index in [0.717, 1.165) is 15.6 Å². The molecule has 3 rings (SSSR count). The molecule has 0 saturated carbocycles. The van der Waals surface area contributed by atoms with Crippen LogP contribution in [0.1, 0.15) is 25.5 Å². The Balaban J connectivity index is 1.86. The Morgan fingerprint density at radius 1 is 1.03 bits per heavy atom. The number of benzene rings is 3. The average Bonchev–Trinajstić information content (AvgIpc) is 2.79. The van der Waals surface area contributed by atoms with Gasteiger partial charge in [-0.05, 0) is 61.9 Å². The van der Waals surface area contributed by atoms with Crippen LogP contribution in [0.15, 0.2) is 77.7 Å². The number of carbonyl (C=O) groups is 1. The molecule has 0 bridgehead atoms. The predicted molar refractivity (Wildman–Crippen MR) is 132 cm³/mol. The molecule has 0 aliphatic carbocycles. The maximum atomic E-state index is 13.4. The molecule has 0 saturated heterocycles. The Kier molecular flexibility index (Phi) is 8.24. The number of amides is 1. The highest BCUT2D eigenvalue weighted by Crippen LogP contribution is 2.32. The summed E-state index contributed by atoms with van der Waals surface area (Å²) in [4.78, 5) is 13.0. The van der Waals surface area contributed by atoms with E-state index < -0.39 is 22.5 Å². The van der Waals surface area contributed by atoms with E-state index in [9.17, 15) is 13.2 Å². The van der Waals surface area contributed by atoms with Crippen molar-refractivity contribution in [3.63, 3.8) is 0 Å². The van der Waals surface area contributed by atoms with Crippen molar-refractivity contribution in [2.24, 2.45) is 0 Å². The summed E-state index contributed by atoms with van der Waals surface area (Å²) in [7, 11) is -4.07. The van der Waals surface area contributed by atoms with Crippen LogP contribution in [0.3, 0.4) is 0 Å². The summed E-state index contributed by atoms with van der Waals surface area (Å²) in [5, 5.41) is 3.32. The Morgan fingerprint density at radius 3 is 2.30 bits per heavy atom. The van der Waals surface area contributed by atoms with Crippen LogP contribution in [0.25, 0.3) is 0 Å². The number of nitrogens with zero attached hydrogens (tertiary/aromatic N) is 1. The lowest BCUT2D eigenvalue weighted by molar-refractivity contribution is -0.120. The fourth-order valence-corrected chi connectivity index (χ4v) is 5.24. The summed E-state index contributed by atoms with van der Waals surface area (Å²) in [5.74, 6) is 0.249. The molecule has 0 unspecified atom stereocenters. The number of nitrogens with one attached hydrogen (secondary N) is 1. The SMILES string of the molecule is CCOc1ccc([C@H](C)NC(=O)CN(c2ccc(Cl)cc2Cl)S(=O)(=O)c2ccccc2)cc1. The zero-order valence-electron chi connectivity index (χ0n) is 18.2. The zero-order valence-corrected chi connectivity index (χ0v) is 20.5. The van der Waals surface area contributed by atoms with E-state index in [1.165, 1.54) is 30.3 Å². The zero-order chi connectivity index (χ0) is 24.0. The first-order valence-electron chi connectivity index (χ1n) is 10.3. The average molecular weight is 507 g/mol. The molecule has 6 nitrogen and oxygen atoms in total. The topological polar surface area (TPSA) is 75.7 Å². The molecule has 1 atom stereocenters. The van der Waals surface area contributed by atoms with Crippen molar-refractivity contribution in [1.82, 2.24) is 5.32 Å². The van der Waals surface area contributed by atoms with Gasteiger partial charge in [0.05, 0.1) is 28.3 Å². The third kappa shape index (κ3) is 6.19. The molecule has 33 heavy (non-hydrogen) atoms. The largest absolute Gasteiger partial charge is 0.494 e. The van der Waals surface area contributed by atoms with Gasteiger partial charge < -0.3 is 10.1 Å². The van der Waals surface area contributed by atoms with Crippen LogP contribution in [-0.2, 0) is 14.8 Å². The van der Waals surface area contributed by atoms with Crippen LogP contribution < -0.4 is 14.4 Å². The van der Waals surface area contributed by atoms with E-state index in [-0.39, 0.29) is 21.6 Å². The van der Waals surface area contributed by atoms with Gasteiger partial charge in [-0.3, -0.25) is 9.10 Å². The Morgan fingerprint density at radius 2 is 1.70 bits per heavy atom. The van der Waals surface area contributed by atoms with Gasteiger partial charge in [0.1, 0.15) is 12.3 Å². The van der Waals surface area contributed by atoms with Gasteiger partial charge in [0.2, 0.25) is 5.91 Å². The highest BCUT2D eigenvalue weighted by molar-refractivity contribution is 7.92. The second-order valence-electron chi connectivity index (χ2n) is 7.21. The van der Waals surface area contributed by atoms with Crippen molar-refractivity contribution in [2.75, 3.05) is 17.5 Å². The molecule has 174 valence electrons. The fourth-order valence-electron chi connectivity index (χ4n) is 3.22. The smallest absolute Gasteiger partial charge is 0.264 e. The first-order valence-corrected chi connectivity index (χ1v) is 12.5. The molecule has 0 spiro atoms. The van der Waals surface area contributed by atoms with Crippen molar-refractivity contribution in [1.29, 1.82) is 0 Å². The van der Waals surface area contributed by atoms with Gasteiger partial charge in [-0.25, -0.2) is 8.42 Å². The summed E-state index contributed by atoms with van der Waals surface area (Å²) in [5.41, 5.74) is 1.02. The minimum atomic E-state index is -4.07.